The van der Waals surface area contributed by atoms with Crippen LogP contribution in [0.3, 0.4) is 0 Å². The third-order valence-electron chi connectivity index (χ3n) is 3.32. The van der Waals surface area contributed by atoms with Crippen LogP contribution in [0.2, 0.25) is 0 Å². The number of para-hydroxylation sites is 1. The minimum Gasteiger partial charge on any atom is -0.309 e. The molecule has 0 radical (unpaired) electrons. The van der Waals surface area contributed by atoms with Gasteiger partial charge in [-0.25, -0.2) is 8.42 Å². The molecule has 2 N–H and O–H groups in total. The van der Waals surface area contributed by atoms with Gasteiger partial charge in [0, 0.05) is 22.0 Å². The summed E-state index contributed by atoms with van der Waals surface area (Å²) in [6, 6.07) is 10.6. The molecule has 4 nitrogen and oxygen atoms in total. The highest BCUT2D eigenvalue weighted by Crippen LogP contribution is 2.32. The predicted octanol–water partition coefficient (Wildman–Crippen LogP) is 3.62. The molecule has 0 fully saturated rings. The maximum Gasteiger partial charge on any atom is 0.261 e. The Morgan fingerprint density at radius 2 is 1.67 bits per heavy atom. The summed E-state index contributed by atoms with van der Waals surface area (Å²) in [5.74, 6) is 0. The van der Waals surface area contributed by atoms with Crippen molar-refractivity contribution < 1.29 is 8.42 Å². The van der Waals surface area contributed by atoms with E-state index < -0.39 is 10.0 Å². The maximum absolute atomic E-state index is 12.5. The standard InChI is InChI=1S/C14H12Br2N2O2S/c15-12-2-1-3-13(16)14(12)18-21(19,20)11-5-4-9-7-17-8-10(9)6-11/h1-6,17-18H,7-8H2. The first-order valence-electron chi connectivity index (χ1n) is 6.27. The van der Waals surface area contributed by atoms with Crippen LogP contribution in [-0.4, -0.2) is 8.42 Å². The zero-order chi connectivity index (χ0) is 15.0. The first-order valence-corrected chi connectivity index (χ1v) is 9.33. The topological polar surface area (TPSA) is 58.2 Å². The molecular weight excluding hydrogens is 420 g/mol. The van der Waals surface area contributed by atoms with Gasteiger partial charge in [0.25, 0.3) is 10.0 Å². The lowest BCUT2D eigenvalue weighted by Gasteiger charge is -2.12. The Bertz CT molecular complexity index is 786. The monoisotopic (exact) mass is 430 g/mol. The van der Waals surface area contributed by atoms with Gasteiger partial charge in [-0.3, -0.25) is 4.72 Å². The Morgan fingerprint density at radius 1 is 1.00 bits per heavy atom. The maximum atomic E-state index is 12.5. The van der Waals surface area contributed by atoms with Crippen LogP contribution in [0.15, 0.2) is 50.2 Å². The quantitative estimate of drug-likeness (QED) is 0.780. The van der Waals surface area contributed by atoms with Crippen molar-refractivity contribution in [3.05, 3.63) is 56.5 Å². The molecule has 7 heteroatoms. The normalized spacial score (nSPS) is 14.0. The Morgan fingerprint density at radius 3 is 2.38 bits per heavy atom. The fourth-order valence-electron chi connectivity index (χ4n) is 2.23. The SMILES string of the molecule is O=S(=O)(Nc1c(Br)cccc1Br)c1ccc2c(c1)CNC2. The largest absolute Gasteiger partial charge is 0.309 e. The third-order valence-corrected chi connectivity index (χ3v) is 5.99. The van der Waals surface area contributed by atoms with E-state index in [1.54, 1.807) is 24.3 Å². The lowest BCUT2D eigenvalue weighted by Crippen LogP contribution is -2.14. The second kappa shape index (κ2) is 5.72. The average molecular weight is 432 g/mol. The second-order valence-electron chi connectivity index (χ2n) is 4.74. The van der Waals surface area contributed by atoms with E-state index in [-0.39, 0.29) is 4.90 Å². The molecular formula is C14H12Br2N2O2S. The van der Waals surface area contributed by atoms with Crippen molar-refractivity contribution in [1.29, 1.82) is 0 Å². The predicted molar refractivity (Wildman–Crippen MR) is 89.6 cm³/mol. The molecule has 1 aliphatic heterocycles. The van der Waals surface area contributed by atoms with Gasteiger partial charge in [0.15, 0.2) is 0 Å². The lowest BCUT2D eigenvalue weighted by atomic mass is 10.1. The minimum atomic E-state index is -3.62. The van der Waals surface area contributed by atoms with Crippen LogP contribution in [-0.2, 0) is 23.1 Å². The number of halogens is 2. The number of anilines is 1. The highest BCUT2D eigenvalue weighted by molar-refractivity contribution is 9.11. The van der Waals surface area contributed by atoms with Crippen molar-refractivity contribution in [2.45, 2.75) is 18.0 Å². The van der Waals surface area contributed by atoms with Gasteiger partial charge < -0.3 is 5.32 Å². The molecule has 110 valence electrons. The number of rotatable bonds is 3. The Hall–Kier alpha value is -0.890. The van der Waals surface area contributed by atoms with E-state index in [2.05, 4.69) is 41.9 Å². The highest BCUT2D eigenvalue weighted by atomic mass is 79.9. The van der Waals surface area contributed by atoms with Crippen molar-refractivity contribution in [2.24, 2.45) is 0 Å². The summed E-state index contributed by atoms with van der Waals surface area (Å²) in [6.45, 7) is 1.50. The molecule has 0 amide bonds. The van der Waals surface area contributed by atoms with Gasteiger partial charge in [-0.1, -0.05) is 12.1 Å². The number of hydrogen-bond donors (Lipinski definition) is 2. The summed E-state index contributed by atoms with van der Waals surface area (Å²) >= 11 is 6.71. The van der Waals surface area contributed by atoms with Crippen molar-refractivity contribution in [2.75, 3.05) is 4.72 Å². The minimum absolute atomic E-state index is 0.271. The fourth-order valence-corrected chi connectivity index (χ4v) is 4.84. The van der Waals surface area contributed by atoms with Gasteiger partial charge in [0.1, 0.15) is 0 Å². The molecule has 0 atom stereocenters. The Balaban J connectivity index is 1.98. The van der Waals surface area contributed by atoms with Gasteiger partial charge in [0.2, 0.25) is 0 Å². The highest BCUT2D eigenvalue weighted by Gasteiger charge is 2.20. The number of nitrogens with one attached hydrogen (secondary N) is 2. The van der Waals surface area contributed by atoms with E-state index in [0.717, 1.165) is 17.7 Å². The van der Waals surface area contributed by atoms with Crippen LogP contribution < -0.4 is 10.0 Å². The van der Waals surface area contributed by atoms with Crippen molar-refractivity contribution in [3.8, 4) is 0 Å². The molecule has 0 bridgehead atoms. The van der Waals surface area contributed by atoms with Crippen molar-refractivity contribution in [1.82, 2.24) is 5.32 Å². The van der Waals surface area contributed by atoms with Gasteiger partial charge in [-0.05, 0) is 67.3 Å². The van der Waals surface area contributed by atoms with Crippen molar-refractivity contribution >= 4 is 47.6 Å². The molecule has 0 unspecified atom stereocenters. The summed E-state index contributed by atoms with van der Waals surface area (Å²) in [6.07, 6.45) is 0. The number of benzene rings is 2. The molecule has 2 aromatic carbocycles. The molecule has 0 saturated heterocycles. The van der Waals surface area contributed by atoms with Crippen LogP contribution in [0, 0.1) is 0 Å². The molecule has 3 rings (SSSR count). The van der Waals surface area contributed by atoms with E-state index in [4.69, 9.17) is 0 Å². The van der Waals surface area contributed by atoms with Crippen LogP contribution in [0.1, 0.15) is 11.1 Å². The van der Waals surface area contributed by atoms with Crippen molar-refractivity contribution in [3.63, 3.8) is 0 Å². The van der Waals surface area contributed by atoms with Crippen LogP contribution in [0.25, 0.3) is 0 Å². The summed E-state index contributed by atoms with van der Waals surface area (Å²) in [5, 5.41) is 3.20. The van der Waals surface area contributed by atoms with E-state index in [1.807, 2.05) is 12.1 Å². The first-order chi connectivity index (χ1) is 9.97. The zero-order valence-electron chi connectivity index (χ0n) is 10.9. The zero-order valence-corrected chi connectivity index (χ0v) is 14.8. The van der Waals surface area contributed by atoms with Gasteiger partial charge in [-0.2, -0.15) is 0 Å². The summed E-state index contributed by atoms with van der Waals surface area (Å²) in [5.41, 5.74) is 2.68. The number of sulfonamides is 1. The van der Waals surface area contributed by atoms with Crippen LogP contribution >= 0.6 is 31.9 Å². The van der Waals surface area contributed by atoms with E-state index in [0.29, 0.717) is 21.2 Å². The second-order valence-corrected chi connectivity index (χ2v) is 8.13. The molecule has 0 aliphatic carbocycles. The molecule has 1 aliphatic rings. The first kappa shape index (κ1) is 15.0. The van der Waals surface area contributed by atoms with Crippen LogP contribution in [0.4, 0.5) is 5.69 Å². The summed E-state index contributed by atoms with van der Waals surface area (Å²) < 4.78 is 29.1. The molecule has 0 saturated carbocycles. The van der Waals surface area contributed by atoms with Gasteiger partial charge >= 0.3 is 0 Å². The lowest BCUT2D eigenvalue weighted by molar-refractivity contribution is 0.601. The molecule has 21 heavy (non-hydrogen) atoms. The smallest absolute Gasteiger partial charge is 0.261 e. The average Bonchev–Trinajstić information content (AvgIpc) is 2.90. The molecule has 0 spiro atoms. The Kier molecular flexibility index (Phi) is 4.09. The third kappa shape index (κ3) is 3.01. The van der Waals surface area contributed by atoms with Gasteiger partial charge in [0.05, 0.1) is 10.6 Å². The van der Waals surface area contributed by atoms with E-state index >= 15 is 0 Å². The van der Waals surface area contributed by atoms with E-state index in [1.165, 1.54) is 0 Å². The fraction of sp³-hybridized carbons (Fsp3) is 0.143. The number of fused-ring (bicyclic) bond motifs is 1. The van der Waals surface area contributed by atoms with Crippen LogP contribution in [0.5, 0.6) is 0 Å². The molecule has 0 aromatic heterocycles. The van der Waals surface area contributed by atoms with Gasteiger partial charge in [-0.15, -0.1) is 0 Å². The molecule has 2 aromatic rings. The van der Waals surface area contributed by atoms with E-state index in [9.17, 15) is 8.42 Å². The summed E-state index contributed by atoms with van der Waals surface area (Å²) in [7, 11) is -3.62. The summed E-state index contributed by atoms with van der Waals surface area (Å²) in [4.78, 5) is 0.271. The number of hydrogen-bond acceptors (Lipinski definition) is 3. The Labute approximate surface area is 140 Å². The molecule has 1 heterocycles.